The van der Waals surface area contributed by atoms with E-state index >= 15 is 0 Å². The van der Waals surface area contributed by atoms with E-state index in [-0.39, 0.29) is 4.90 Å². The Labute approximate surface area is 169 Å². The largest absolute Gasteiger partial charge is 0.416 e. The molecule has 0 saturated carbocycles. The minimum absolute atomic E-state index is 0.0938. The minimum Gasteiger partial charge on any atom is -0.365 e. The van der Waals surface area contributed by atoms with Crippen molar-refractivity contribution < 1.29 is 21.6 Å². The lowest BCUT2D eigenvalue weighted by atomic mass is 10.1. The average Bonchev–Trinajstić information content (AvgIpc) is 3.28. The highest BCUT2D eigenvalue weighted by atomic mass is 32.2. The Hall–Kier alpha value is -2.43. The molecule has 1 aliphatic rings. The second kappa shape index (κ2) is 7.12. The first kappa shape index (κ1) is 19.9. The van der Waals surface area contributed by atoms with Crippen molar-refractivity contribution in [2.24, 2.45) is 5.14 Å². The molecule has 1 aliphatic heterocycles. The van der Waals surface area contributed by atoms with Gasteiger partial charge in [-0.05, 0) is 42.3 Å². The third-order valence-electron chi connectivity index (χ3n) is 4.74. The van der Waals surface area contributed by atoms with Crippen LogP contribution in [0.4, 0.5) is 18.9 Å². The van der Waals surface area contributed by atoms with Crippen molar-refractivity contribution in [2.75, 3.05) is 11.4 Å². The summed E-state index contributed by atoms with van der Waals surface area (Å²) in [4.78, 5) is 6.73. The van der Waals surface area contributed by atoms with Crippen LogP contribution in [0.5, 0.6) is 0 Å². The smallest absolute Gasteiger partial charge is 0.365 e. The number of benzene rings is 2. The SMILES string of the molecule is NS(=O)(=O)c1ccc2c(c1)CCN2Cc1csc(-c2ccc(C(F)(F)F)cc2)n1. The number of thiazole rings is 1. The number of anilines is 1. The summed E-state index contributed by atoms with van der Waals surface area (Å²) in [5.41, 5.74) is 2.59. The minimum atomic E-state index is -4.36. The highest BCUT2D eigenvalue weighted by molar-refractivity contribution is 7.89. The molecule has 0 amide bonds. The molecule has 3 aromatic rings. The molecular weight excluding hydrogens is 423 g/mol. The number of rotatable bonds is 4. The number of nitrogens with zero attached hydrogens (tertiary/aromatic N) is 2. The summed E-state index contributed by atoms with van der Waals surface area (Å²) < 4.78 is 61.1. The van der Waals surface area contributed by atoms with Gasteiger partial charge in [-0.3, -0.25) is 0 Å². The third-order valence-corrected chi connectivity index (χ3v) is 6.59. The zero-order valence-electron chi connectivity index (χ0n) is 15.0. The maximum atomic E-state index is 12.7. The summed E-state index contributed by atoms with van der Waals surface area (Å²) in [6.45, 7) is 1.25. The number of primary sulfonamides is 1. The molecule has 0 atom stereocenters. The van der Waals surface area contributed by atoms with E-state index in [1.165, 1.54) is 29.5 Å². The Morgan fingerprint density at radius 3 is 2.52 bits per heavy atom. The second-order valence-corrected chi connectivity index (χ2v) is 9.15. The van der Waals surface area contributed by atoms with Crippen molar-refractivity contribution in [3.63, 3.8) is 0 Å². The van der Waals surface area contributed by atoms with Gasteiger partial charge in [0.1, 0.15) is 5.01 Å². The van der Waals surface area contributed by atoms with E-state index in [1.54, 1.807) is 12.1 Å². The van der Waals surface area contributed by atoms with E-state index in [4.69, 9.17) is 5.14 Å². The highest BCUT2D eigenvalue weighted by Crippen LogP contribution is 2.34. The molecule has 0 saturated heterocycles. The summed E-state index contributed by atoms with van der Waals surface area (Å²) in [6.07, 6.45) is -3.66. The first-order chi connectivity index (χ1) is 13.6. The third kappa shape index (κ3) is 4.14. The molecule has 0 aliphatic carbocycles. The molecule has 2 aromatic carbocycles. The molecule has 10 heteroatoms. The fraction of sp³-hybridized carbons (Fsp3) is 0.211. The average molecular weight is 439 g/mol. The Morgan fingerprint density at radius 1 is 1.14 bits per heavy atom. The fourth-order valence-electron chi connectivity index (χ4n) is 3.30. The summed E-state index contributed by atoms with van der Waals surface area (Å²) in [5.74, 6) is 0. The number of nitrogens with two attached hydrogens (primary N) is 1. The number of aromatic nitrogens is 1. The molecular formula is C19H16F3N3O2S2. The topological polar surface area (TPSA) is 76.3 Å². The molecule has 4 rings (SSSR count). The lowest BCUT2D eigenvalue weighted by Crippen LogP contribution is -2.19. The van der Waals surface area contributed by atoms with Crippen molar-refractivity contribution >= 4 is 27.0 Å². The van der Waals surface area contributed by atoms with Crippen LogP contribution in [0.15, 0.2) is 52.7 Å². The second-order valence-electron chi connectivity index (χ2n) is 6.73. The van der Waals surface area contributed by atoms with Gasteiger partial charge in [-0.25, -0.2) is 18.5 Å². The molecule has 0 fully saturated rings. The van der Waals surface area contributed by atoms with Gasteiger partial charge in [0.05, 0.1) is 22.7 Å². The van der Waals surface area contributed by atoms with Crippen LogP contribution in [0.1, 0.15) is 16.8 Å². The quantitative estimate of drug-likeness (QED) is 0.666. The first-order valence-electron chi connectivity index (χ1n) is 8.64. The van der Waals surface area contributed by atoms with Crippen molar-refractivity contribution in [2.45, 2.75) is 24.0 Å². The van der Waals surface area contributed by atoms with Crippen LogP contribution >= 0.6 is 11.3 Å². The predicted molar refractivity (Wildman–Crippen MR) is 105 cm³/mol. The molecule has 2 N–H and O–H groups in total. The molecule has 2 heterocycles. The number of fused-ring (bicyclic) bond motifs is 1. The van der Waals surface area contributed by atoms with Gasteiger partial charge in [-0.1, -0.05) is 12.1 Å². The summed E-state index contributed by atoms with van der Waals surface area (Å²) in [7, 11) is -3.74. The number of halogens is 3. The van der Waals surface area contributed by atoms with Crippen LogP contribution in [0.3, 0.4) is 0 Å². The van der Waals surface area contributed by atoms with Crippen LogP contribution in [0, 0.1) is 0 Å². The van der Waals surface area contributed by atoms with E-state index in [0.717, 1.165) is 35.6 Å². The molecule has 152 valence electrons. The Balaban J connectivity index is 1.51. The number of sulfonamides is 1. The van der Waals surface area contributed by atoms with Crippen molar-refractivity contribution in [1.82, 2.24) is 4.98 Å². The van der Waals surface area contributed by atoms with Gasteiger partial charge in [0.2, 0.25) is 10.0 Å². The van der Waals surface area contributed by atoms with Crippen molar-refractivity contribution in [1.29, 1.82) is 0 Å². The maximum Gasteiger partial charge on any atom is 0.416 e. The maximum absolute atomic E-state index is 12.7. The summed E-state index contributed by atoms with van der Waals surface area (Å²) >= 11 is 1.37. The van der Waals surface area contributed by atoms with Gasteiger partial charge >= 0.3 is 6.18 Å². The zero-order valence-corrected chi connectivity index (χ0v) is 16.6. The molecule has 1 aromatic heterocycles. The number of hydrogen-bond donors (Lipinski definition) is 1. The van der Waals surface area contributed by atoms with E-state index < -0.39 is 21.8 Å². The Kier molecular flexibility index (Phi) is 4.88. The van der Waals surface area contributed by atoms with Crippen molar-refractivity contribution in [3.8, 4) is 10.6 Å². The van der Waals surface area contributed by atoms with E-state index in [0.29, 0.717) is 23.5 Å². The lowest BCUT2D eigenvalue weighted by molar-refractivity contribution is -0.137. The van der Waals surface area contributed by atoms with Gasteiger partial charge in [0.25, 0.3) is 0 Å². The molecule has 0 unspecified atom stereocenters. The molecule has 5 nitrogen and oxygen atoms in total. The molecule has 0 radical (unpaired) electrons. The standard InChI is InChI=1S/C19H16F3N3O2S2/c20-19(21,22)14-3-1-12(2-4-14)18-24-15(11-28-18)10-25-8-7-13-9-16(29(23,26)27)5-6-17(13)25/h1-6,9,11H,7-8,10H2,(H2,23,26,27). The predicted octanol–water partition coefficient (Wildman–Crippen LogP) is 4.04. The molecule has 29 heavy (non-hydrogen) atoms. The number of alkyl halides is 3. The van der Waals surface area contributed by atoms with Crippen LogP contribution in [-0.4, -0.2) is 19.9 Å². The molecule has 0 spiro atoms. The monoisotopic (exact) mass is 439 g/mol. The van der Waals surface area contributed by atoms with Gasteiger partial charge in [0.15, 0.2) is 0 Å². The molecule has 0 bridgehead atoms. The van der Waals surface area contributed by atoms with E-state index in [1.807, 2.05) is 5.38 Å². The first-order valence-corrected chi connectivity index (χ1v) is 11.1. The lowest BCUT2D eigenvalue weighted by Gasteiger charge is -2.18. The zero-order chi connectivity index (χ0) is 20.8. The van der Waals surface area contributed by atoms with Gasteiger partial charge in [-0.2, -0.15) is 13.2 Å². The van der Waals surface area contributed by atoms with E-state index in [9.17, 15) is 21.6 Å². The van der Waals surface area contributed by atoms with Gasteiger partial charge < -0.3 is 4.90 Å². The Bertz CT molecular complexity index is 1160. The summed E-state index contributed by atoms with van der Waals surface area (Å²) in [5, 5.41) is 7.72. The van der Waals surface area contributed by atoms with Crippen LogP contribution in [-0.2, 0) is 29.2 Å². The van der Waals surface area contributed by atoms with Crippen LogP contribution in [0.25, 0.3) is 10.6 Å². The normalized spacial score (nSPS) is 14.3. The van der Waals surface area contributed by atoms with Crippen LogP contribution < -0.4 is 10.0 Å². The summed E-state index contributed by atoms with van der Waals surface area (Å²) in [6, 6.07) is 9.77. The Morgan fingerprint density at radius 2 is 1.86 bits per heavy atom. The van der Waals surface area contributed by atoms with Gasteiger partial charge in [0, 0.05) is 23.2 Å². The van der Waals surface area contributed by atoms with Gasteiger partial charge in [-0.15, -0.1) is 11.3 Å². The number of hydrogen-bond acceptors (Lipinski definition) is 5. The van der Waals surface area contributed by atoms with Crippen molar-refractivity contribution in [3.05, 3.63) is 64.7 Å². The fourth-order valence-corrected chi connectivity index (χ4v) is 4.68. The van der Waals surface area contributed by atoms with E-state index in [2.05, 4.69) is 9.88 Å². The highest BCUT2D eigenvalue weighted by Gasteiger charge is 2.30. The van der Waals surface area contributed by atoms with Crippen LogP contribution in [0.2, 0.25) is 0 Å².